The van der Waals surface area contributed by atoms with Crippen LogP contribution in [0.15, 0.2) is 11.6 Å². The number of carbonyl (C=O) groups excluding carboxylic acids is 4. The van der Waals surface area contributed by atoms with Crippen molar-refractivity contribution in [1.82, 2.24) is 5.32 Å². The van der Waals surface area contributed by atoms with Crippen LogP contribution in [-0.2, 0) is 28.7 Å². The number of aliphatic hydroxyl groups is 2. The SMILES string of the molecule is C/C(C=O)=C\CC(=O)C[C@H](OC(=O)[C@@H]1CCCCN1)[C@H](C)C[C@H]1CC[C@H](OC(=O)C(C)(CO)CO)CC1. The van der Waals surface area contributed by atoms with E-state index < -0.39 is 30.7 Å². The van der Waals surface area contributed by atoms with Gasteiger partial charge in [0.15, 0.2) is 0 Å². The fraction of sp³-hybridized carbons (Fsp3) is 0.786. The van der Waals surface area contributed by atoms with Gasteiger partial charge in [0.25, 0.3) is 0 Å². The molecular formula is C28H45NO8. The van der Waals surface area contributed by atoms with Crippen LogP contribution in [-0.4, -0.2) is 72.2 Å². The quantitative estimate of drug-likeness (QED) is 0.178. The maximum Gasteiger partial charge on any atom is 0.323 e. The monoisotopic (exact) mass is 523 g/mol. The molecule has 1 aliphatic heterocycles. The maximum absolute atomic E-state index is 12.8. The minimum atomic E-state index is -1.30. The van der Waals surface area contributed by atoms with Crippen LogP contribution in [0.3, 0.4) is 0 Å². The Balaban J connectivity index is 1.94. The van der Waals surface area contributed by atoms with E-state index in [4.69, 9.17) is 9.47 Å². The molecule has 0 unspecified atom stereocenters. The molecule has 0 amide bonds. The zero-order valence-corrected chi connectivity index (χ0v) is 22.6. The summed E-state index contributed by atoms with van der Waals surface area (Å²) in [7, 11) is 0. The van der Waals surface area contributed by atoms with Crippen molar-refractivity contribution in [3.63, 3.8) is 0 Å². The van der Waals surface area contributed by atoms with Gasteiger partial charge in [0, 0.05) is 12.8 Å². The third-order valence-electron chi connectivity index (χ3n) is 7.73. The number of ketones is 1. The van der Waals surface area contributed by atoms with Crippen LogP contribution in [0, 0.1) is 17.3 Å². The highest BCUT2D eigenvalue weighted by atomic mass is 16.6. The lowest BCUT2D eigenvalue weighted by Crippen LogP contribution is -2.44. The smallest absolute Gasteiger partial charge is 0.323 e. The summed E-state index contributed by atoms with van der Waals surface area (Å²) < 4.78 is 11.5. The number of esters is 2. The van der Waals surface area contributed by atoms with Crippen LogP contribution in [0.1, 0.15) is 85.0 Å². The fourth-order valence-electron chi connectivity index (χ4n) is 4.91. The lowest BCUT2D eigenvalue weighted by atomic mass is 9.80. The van der Waals surface area contributed by atoms with Crippen molar-refractivity contribution in [2.24, 2.45) is 17.3 Å². The van der Waals surface area contributed by atoms with E-state index in [1.54, 1.807) is 13.0 Å². The summed E-state index contributed by atoms with van der Waals surface area (Å²) in [5.41, 5.74) is -0.807. The third kappa shape index (κ3) is 9.94. The molecule has 0 aromatic heterocycles. The molecule has 0 bridgehead atoms. The molecule has 1 aliphatic carbocycles. The molecular weight excluding hydrogens is 478 g/mol. The lowest BCUT2D eigenvalue weighted by Gasteiger charge is -2.34. The standard InChI is InChI=1S/C28H45NO8/c1-19(16-30)7-10-22(33)15-25(37-26(34)24-6-4-5-13-29-24)20(2)14-21-8-11-23(12-9-21)36-27(35)28(3,17-31)18-32/h7,16,20-21,23-25,29,31-32H,4-6,8-15,17-18H2,1-3H3/b19-7+/t20-,21-,23-,24+,25+/m1/s1. The molecule has 3 N–H and O–H groups in total. The number of aldehydes is 1. The van der Waals surface area contributed by atoms with Crippen molar-refractivity contribution in [3.8, 4) is 0 Å². The number of aliphatic hydroxyl groups excluding tert-OH is 2. The van der Waals surface area contributed by atoms with Gasteiger partial charge in [-0.2, -0.15) is 0 Å². The van der Waals surface area contributed by atoms with Gasteiger partial charge in [0.1, 0.15) is 35.7 Å². The number of nitrogens with one attached hydrogen (secondary N) is 1. The van der Waals surface area contributed by atoms with Crippen molar-refractivity contribution < 1.29 is 38.9 Å². The van der Waals surface area contributed by atoms with Crippen molar-refractivity contribution in [1.29, 1.82) is 0 Å². The molecule has 2 rings (SSSR count). The third-order valence-corrected chi connectivity index (χ3v) is 7.73. The molecule has 37 heavy (non-hydrogen) atoms. The van der Waals surface area contributed by atoms with Crippen LogP contribution in [0.5, 0.6) is 0 Å². The van der Waals surface area contributed by atoms with Crippen molar-refractivity contribution >= 4 is 24.0 Å². The zero-order chi connectivity index (χ0) is 27.4. The van der Waals surface area contributed by atoms with Crippen molar-refractivity contribution in [2.45, 2.75) is 103 Å². The molecule has 2 fully saturated rings. The van der Waals surface area contributed by atoms with Gasteiger partial charge < -0.3 is 25.0 Å². The minimum absolute atomic E-state index is 0.0381. The summed E-state index contributed by atoms with van der Waals surface area (Å²) in [5, 5.41) is 22.0. The van der Waals surface area contributed by atoms with Crippen LogP contribution < -0.4 is 5.32 Å². The van der Waals surface area contributed by atoms with Crippen LogP contribution in [0.4, 0.5) is 0 Å². The predicted octanol–water partition coefficient (Wildman–Crippen LogP) is 2.65. The average molecular weight is 524 g/mol. The Hall–Kier alpha value is -2.10. The molecule has 1 saturated heterocycles. The van der Waals surface area contributed by atoms with E-state index in [-0.39, 0.29) is 42.7 Å². The Labute approximate surface area is 220 Å². The summed E-state index contributed by atoms with van der Waals surface area (Å²) in [4.78, 5) is 48.7. The normalized spacial score (nSPS) is 24.6. The van der Waals surface area contributed by atoms with E-state index in [1.807, 2.05) is 6.92 Å². The first-order valence-electron chi connectivity index (χ1n) is 13.6. The Kier molecular flexibility index (Phi) is 12.9. The first-order valence-corrected chi connectivity index (χ1v) is 13.6. The van der Waals surface area contributed by atoms with Gasteiger partial charge in [-0.3, -0.25) is 19.2 Å². The van der Waals surface area contributed by atoms with E-state index in [0.717, 1.165) is 45.1 Å². The highest BCUT2D eigenvalue weighted by Crippen LogP contribution is 2.34. The zero-order valence-electron chi connectivity index (χ0n) is 22.6. The molecule has 3 atom stereocenters. The van der Waals surface area contributed by atoms with Gasteiger partial charge in [-0.1, -0.05) is 19.4 Å². The van der Waals surface area contributed by atoms with Crippen LogP contribution in [0.25, 0.3) is 0 Å². The van der Waals surface area contributed by atoms with E-state index in [9.17, 15) is 29.4 Å². The largest absolute Gasteiger partial charge is 0.462 e. The van der Waals surface area contributed by atoms with Gasteiger partial charge in [-0.05, 0) is 82.7 Å². The first-order chi connectivity index (χ1) is 17.6. The molecule has 210 valence electrons. The average Bonchev–Trinajstić information content (AvgIpc) is 2.92. The topological polar surface area (TPSA) is 139 Å². The highest BCUT2D eigenvalue weighted by molar-refractivity contribution is 5.83. The van der Waals surface area contributed by atoms with E-state index in [2.05, 4.69) is 5.32 Å². The molecule has 2 aliphatic rings. The molecule has 0 aromatic carbocycles. The number of hydrogen-bond acceptors (Lipinski definition) is 9. The first kappa shape index (κ1) is 31.1. The summed E-state index contributed by atoms with van der Waals surface area (Å²) in [6.07, 6.45) is 8.27. The summed E-state index contributed by atoms with van der Waals surface area (Å²) >= 11 is 0. The molecule has 1 heterocycles. The van der Waals surface area contributed by atoms with Gasteiger partial charge >= 0.3 is 11.9 Å². The highest BCUT2D eigenvalue weighted by Gasteiger charge is 2.37. The second kappa shape index (κ2) is 15.3. The molecule has 0 radical (unpaired) electrons. The lowest BCUT2D eigenvalue weighted by molar-refractivity contribution is -0.167. The van der Waals surface area contributed by atoms with Crippen LogP contribution >= 0.6 is 0 Å². The summed E-state index contributed by atoms with van der Waals surface area (Å²) in [6, 6.07) is -0.343. The Bertz CT molecular complexity index is 792. The number of hydrogen-bond donors (Lipinski definition) is 3. The number of rotatable bonds is 14. The number of Topliss-reactive ketones (excluding diaryl/α,β-unsaturated/α-hetero) is 1. The predicted molar refractivity (Wildman–Crippen MR) is 137 cm³/mol. The van der Waals surface area contributed by atoms with Gasteiger partial charge in [-0.25, -0.2) is 0 Å². The van der Waals surface area contributed by atoms with E-state index in [0.29, 0.717) is 30.6 Å². The second-order valence-electron chi connectivity index (χ2n) is 11.1. The van der Waals surface area contributed by atoms with E-state index in [1.165, 1.54) is 6.92 Å². The number of piperidine rings is 1. The second-order valence-corrected chi connectivity index (χ2v) is 11.1. The fourth-order valence-corrected chi connectivity index (χ4v) is 4.91. The molecule has 1 saturated carbocycles. The van der Waals surface area contributed by atoms with Gasteiger partial charge in [0.2, 0.25) is 0 Å². The van der Waals surface area contributed by atoms with Crippen molar-refractivity contribution in [2.75, 3.05) is 19.8 Å². The van der Waals surface area contributed by atoms with E-state index >= 15 is 0 Å². The Morgan fingerprint density at radius 2 is 1.76 bits per heavy atom. The summed E-state index contributed by atoms with van der Waals surface area (Å²) in [5.74, 6) is -0.670. The number of ether oxygens (including phenoxy) is 2. The van der Waals surface area contributed by atoms with Gasteiger partial charge in [-0.15, -0.1) is 0 Å². The number of carbonyl (C=O) groups is 4. The Morgan fingerprint density at radius 1 is 1.08 bits per heavy atom. The minimum Gasteiger partial charge on any atom is -0.462 e. The summed E-state index contributed by atoms with van der Waals surface area (Å²) in [6.45, 7) is 4.95. The van der Waals surface area contributed by atoms with Crippen molar-refractivity contribution in [3.05, 3.63) is 11.6 Å². The molecule has 0 spiro atoms. The molecule has 9 heteroatoms. The molecule has 9 nitrogen and oxygen atoms in total. The molecule has 0 aromatic rings. The van der Waals surface area contributed by atoms with Gasteiger partial charge in [0.05, 0.1) is 13.2 Å². The maximum atomic E-state index is 12.8. The Morgan fingerprint density at radius 3 is 2.32 bits per heavy atom. The number of allylic oxidation sites excluding steroid dienone is 2. The van der Waals surface area contributed by atoms with Crippen LogP contribution in [0.2, 0.25) is 0 Å².